The second kappa shape index (κ2) is 5.38. The van der Waals surface area contributed by atoms with Crippen LogP contribution in [0.15, 0.2) is 0 Å². The van der Waals surface area contributed by atoms with E-state index in [1.54, 1.807) is 7.11 Å². The normalized spacial score (nSPS) is 38.8. The molecular weight excluding hydrogens is 194 g/mol. The zero-order valence-corrected chi connectivity index (χ0v) is 9.81. The minimum absolute atomic E-state index is 0.618. The van der Waals surface area contributed by atoms with Crippen LogP contribution in [0.25, 0.3) is 0 Å². The molecule has 0 aromatic rings. The first kappa shape index (κ1) is 10.8. The Kier molecular flexibility index (Phi) is 4.14. The van der Waals surface area contributed by atoms with E-state index in [0.717, 1.165) is 17.8 Å². The number of hydrogen-bond acceptors (Lipinski definition) is 3. The highest BCUT2D eigenvalue weighted by Gasteiger charge is 2.31. The maximum Gasteiger partial charge on any atom is 0.0615 e. The van der Waals surface area contributed by atoms with Crippen molar-refractivity contribution in [2.45, 2.75) is 37.0 Å². The minimum Gasteiger partial charge on any atom is -0.383 e. The molecule has 2 heterocycles. The van der Waals surface area contributed by atoms with Gasteiger partial charge in [-0.1, -0.05) is 6.42 Å². The van der Waals surface area contributed by atoms with Gasteiger partial charge in [0.1, 0.15) is 0 Å². The molecule has 2 nitrogen and oxygen atoms in total. The van der Waals surface area contributed by atoms with Crippen molar-refractivity contribution in [3.63, 3.8) is 0 Å². The minimum atomic E-state index is 0.618. The molecule has 2 rings (SSSR count). The van der Waals surface area contributed by atoms with Gasteiger partial charge in [-0.2, -0.15) is 11.8 Å². The molecule has 0 saturated carbocycles. The van der Waals surface area contributed by atoms with E-state index >= 15 is 0 Å². The van der Waals surface area contributed by atoms with Crippen LogP contribution in [0.1, 0.15) is 25.7 Å². The standard InChI is InChI=1S/C11H21NOS/c1-13-8-10-6-9(7-12-10)11-4-2-3-5-14-11/h9-12H,2-8H2,1H3. The molecule has 0 aromatic carbocycles. The van der Waals surface area contributed by atoms with E-state index in [1.807, 2.05) is 0 Å². The van der Waals surface area contributed by atoms with Crippen molar-refractivity contribution in [1.29, 1.82) is 0 Å². The highest BCUT2D eigenvalue weighted by molar-refractivity contribution is 7.99. The predicted octanol–water partition coefficient (Wildman–Crippen LogP) is 1.90. The molecule has 3 unspecified atom stereocenters. The van der Waals surface area contributed by atoms with Crippen LogP contribution in [0, 0.1) is 5.92 Å². The van der Waals surface area contributed by atoms with Crippen LogP contribution in [-0.4, -0.2) is 37.3 Å². The summed E-state index contributed by atoms with van der Waals surface area (Å²) in [6.07, 6.45) is 5.65. The Bertz CT molecular complexity index is 171. The van der Waals surface area contributed by atoms with Gasteiger partial charge in [-0.25, -0.2) is 0 Å². The van der Waals surface area contributed by atoms with Gasteiger partial charge < -0.3 is 10.1 Å². The summed E-state index contributed by atoms with van der Waals surface area (Å²) < 4.78 is 5.19. The molecule has 2 aliphatic heterocycles. The SMILES string of the molecule is COCC1CC(C2CCCCS2)CN1. The Balaban J connectivity index is 1.76. The van der Waals surface area contributed by atoms with Gasteiger partial charge in [0.15, 0.2) is 0 Å². The molecule has 0 spiro atoms. The number of methoxy groups -OCH3 is 1. The van der Waals surface area contributed by atoms with Gasteiger partial charge in [-0.3, -0.25) is 0 Å². The predicted molar refractivity (Wildman–Crippen MR) is 61.9 cm³/mol. The molecule has 2 aliphatic rings. The van der Waals surface area contributed by atoms with Gasteiger partial charge in [0.2, 0.25) is 0 Å². The first-order chi connectivity index (χ1) is 6.90. The molecule has 2 fully saturated rings. The second-order valence-electron chi connectivity index (χ2n) is 4.46. The van der Waals surface area contributed by atoms with Crippen LogP contribution in [-0.2, 0) is 4.74 Å². The molecular formula is C11H21NOS. The number of nitrogens with one attached hydrogen (secondary N) is 1. The monoisotopic (exact) mass is 215 g/mol. The van der Waals surface area contributed by atoms with Crippen LogP contribution in [0.4, 0.5) is 0 Å². The number of ether oxygens (including phenoxy) is 1. The van der Waals surface area contributed by atoms with Gasteiger partial charge >= 0.3 is 0 Å². The Morgan fingerprint density at radius 3 is 3.07 bits per heavy atom. The maximum absolute atomic E-state index is 5.19. The third kappa shape index (κ3) is 2.65. The van der Waals surface area contributed by atoms with E-state index in [1.165, 1.54) is 38.0 Å². The molecule has 3 atom stereocenters. The van der Waals surface area contributed by atoms with Crippen molar-refractivity contribution in [1.82, 2.24) is 5.32 Å². The average molecular weight is 215 g/mol. The summed E-state index contributed by atoms with van der Waals surface area (Å²) >= 11 is 2.20. The fraction of sp³-hybridized carbons (Fsp3) is 1.00. The molecule has 3 heteroatoms. The van der Waals surface area contributed by atoms with E-state index in [-0.39, 0.29) is 0 Å². The van der Waals surface area contributed by atoms with Crippen molar-refractivity contribution in [2.24, 2.45) is 5.92 Å². The lowest BCUT2D eigenvalue weighted by Gasteiger charge is -2.26. The van der Waals surface area contributed by atoms with Crippen LogP contribution in [0.2, 0.25) is 0 Å². The average Bonchev–Trinajstić information content (AvgIpc) is 2.68. The van der Waals surface area contributed by atoms with Crippen molar-refractivity contribution < 1.29 is 4.74 Å². The fourth-order valence-electron chi connectivity index (χ4n) is 2.60. The number of hydrogen-bond donors (Lipinski definition) is 1. The Labute approximate surface area is 91.2 Å². The van der Waals surface area contributed by atoms with Gasteiger partial charge in [0, 0.05) is 18.4 Å². The molecule has 0 amide bonds. The Morgan fingerprint density at radius 1 is 1.43 bits per heavy atom. The molecule has 0 aliphatic carbocycles. The van der Waals surface area contributed by atoms with Gasteiger partial charge in [-0.15, -0.1) is 0 Å². The zero-order chi connectivity index (χ0) is 9.80. The summed E-state index contributed by atoms with van der Waals surface area (Å²) in [6.45, 7) is 2.10. The molecule has 2 saturated heterocycles. The summed E-state index contributed by atoms with van der Waals surface area (Å²) in [5.41, 5.74) is 0. The number of rotatable bonds is 3. The highest BCUT2D eigenvalue weighted by Crippen LogP contribution is 2.34. The summed E-state index contributed by atoms with van der Waals surface area (Å²) in [4.78, 5) is 0. The van der Waals surface area contributed by atoms with E-state index < -0.39 is 0 Å². The fourth-order valence-corrected chi connectivity index (χ4v) is 4.09. The number of thioether (sulfide) groups is 1. The first-order valence-electron chi connectivity index (χ1n) is 5.74. The molecule has 0 radical (unpaired) electrons. The van der Waals surface area contributed by atoms with Crippen molar-refractivity contribution >= 4 is 11.8 Å². The lowest BCUT2D eigenvalue weighted by Crippen LogP contribution is -2.26. The highest BCUT2D eigenvalue weighted by atomic mass is 32.2. The largest absolute Gasteiger partial charge is 0.383 e. The van der Waals surface area contributed by atoms with Gasteiger partial charge in [-0.05, 0) is 37.5 Å². The lowest BCUT2D eigenvalue weighted by molar-refractivity contribution is 0.172. The third-order valence-corrected chi connectivity index (χ3v) is 4.94. The summed E-state index contributed by atoms with van der Waals surface area (Å²) in [5, 5.41) is 4.50. The summed E-state index contributed by atoms with van der Waals surface area (Å²) in [5.74, 6) is 2.29. The van der Waals surface area contributed by atoms with Gasteiger partial charge in [0.05, 0.1) is 6.61 Å². The first-order valence-corrected chi connectivity index (χ1v) is 6.79. The smallest absolute Gasteiger partial charge is 0.0615 e. The molecule has 14 heavy (non-hydrogen) atoms. The van der Waals surface area contributed by atoms with Crippen molar-refractivity contribution in [2.75, 3.05) is 26.0 Å². The van der Waals surface area contributed by atoms with Crippen LogP contribution in [0.5, 0.6) is 0 Å². The molecule has 1 N–H and O–H groups in total. The topological polar surface area (TPSA) is 21.3 Å². The lowest BCUT2D eigenvalue weighted by atomic mass is 9.97. The molecule has 0 aromatic heterocycles. The molecule has 82 valence electrons. The van der Waals surface area contributed by atoms with Crippen LogP contribution >= 0.6 is 11.8 Å². The van der Waals surface area contributed by atoms with Crippen molar-refractivity contribution in [3.8, 4) is 0 Å². The van der Waals surface area contributed by atoms with E-state index in [9.17, 15) is 0 Å². The Morgan fingerprint density at radius 2 is 2.36 bits per heavy atom. The van der Waals surface area contributed by atoms with E-state index in [0.29, 0.717) is 6.04 Å². The van der Waals surface area contributed by atoms with Crippen LogP contribution in [0.3, 0.4) is 0 Å². The molecule has 0 bridgehead atoms. The van der Waals surface area contributed by atoms with E-state index in [4.69, 9.17) is 4.74 Å². The third-order valence-electron chi connectivity index (χ3n) is 3.36. The van der Waals surface area contributed by atoms with E-state index in [2.05, 4.69) is 17.1 Å². The summed E-state index contributed by atoms with van der Waals surface area (Å²) in [6, 6.07) is 0.618. The van der Waals surface area contributed by atoms with Crippen molar-refractivity contribution in [3.05, 3.63) is 0 Å². The Hall–Kier alpha value is 0.270. The summed E-state index contributed by atoms with van der Waals surface area (Å²) in [7, 11) is 1.80. The maximum atomic E-state index is 5.19. The quantitative estimate of drug-likeness (QED) is 0.777. The van der Waals surface area contributed by atoms with Crippen LogP contribution < -0.4 is 5.32 Å². The zero-order valence-electron chi connectivity index (χ0n) is 9.00. The second-order valence-corrected chi connectivity index (χ2v) is 5.81. The van der Waals surface area contributed by atoms with Gasteiger partial charge in [0.25, 0.3) is 0 Å².